The monoisotopic (exact) mass is 390 g/mol. The first-order chi connectivity index (χ1) is 12.7. The summed E-state index contributed by atoms with van der Waals surface area (Å²) in [7, 11) is -2.38. The van der Waals surface area contributed by atoms with Crippen molar-refractivity contribution in [1.29, 1.82) is 0 Å². The summed E-state index contributed by atoms with van der Waals surface area (Å²) in [4.78, 5) is 0. The molecule has 26 heavy (non-hydrogen) atoms. The fourth-order valence-corrected chi connectivity index (χ4v) is 5.66. The summed E-state index contributed by atoms with van der Waals surface area (Å²) < 4.78 is 17.6. The van der Waals surface area contributed by atoms with E-state index in [9.17, 15) is 0 Å². The van der Waals surface area contributed by atoms with E-state index in [-0.39, 0.29) is 0 Å². The van der Waals surface area contributed by atoms with Crippen molar-refractivity contribution in [3.63, 3.8) is 0 Å². The Labute approximate surface area is 167 Å². The maximum Gasteiger partial charge on any atom is 0.500 e. The maximum atomic E-state index is 5.86. The smallest absolute Gasteiger partial charge is 0.374 e. The first-order valence-corrected chi connectivity index (χ1v) is 13.5. The molecule has 0 spiro atoms. The Balaban J connectivity index is 0. The van der Waals surface area contributed by atoms with E-state index in [4.69, 9.17) is 13.3 Å². The van der Waals surface area contributed by atoms with Crippen LogP contribution in [0.25, 0.3) is 0 Å². The quantitative estimate of drug-likeness (QED) is 0.177. The van der Waals surface area contributed by atoms with E-state index in [1.165, 1.54) is 77.0 Å². The van der Waals surface area contributed by atoms with Crippen molar-refractivity contribution >= 4 is 8.80 Å². The second-order valence-corrected chi connectivity index (χ2v) is 9.65. The minimum absolute atomic E-state index is 0.684. The molecule has 0 N–H and O–H groups in total. The van der Waals surface area contributed by atoms with Gasteiger partial charge in [-0.05, 0) is 27.2 Å². The molecule has 4 heteroatoms. The largest absolute Gasteiger partial charge is 0.500 e. The van der Waals surface area contributed by atoms with Crippen molar-refractivity contribution in [2.45, 2.75) is 125 Å². The van der Waals surface area contributed by atoms with E-state index < -0.39 is 8.80 Å². The Bertz CT molecular complexity index is 229. The molecule has 0 fully saturated rings. The molecule has 0 aliphatic carbocycles. The van der Waals surface area contributed by atoms with Crippen LogP contribution < -0.4 is 0 Å². The van der Waals surface area contributed by atoms with Gasteiger partial charge in [0.2, 0.25) is 0 Å². The van der Waals surface area contributed by atoms with Crippen LogP contribution in [0.15, 0.2) is 0 Å². The lowest BCUT2D eigenvalue weighted by atomic mass is 10.1. The molecule has 0 heterocycles. The van der Waals surface area contributed by atoms with E-state index in [2.05, 4.69) is 20.8 Å². The lowest BCUT2D eigenvalue weighted by Gasteiger charge is -2.28. The lowest BCUT2D eigenvalue weighted by Crippen LogP contribution is -2.45. The Morgan fingerprint density at radius 3 is 1.08 bits per heavy atom. The highest BCUT2D eigenvalue weighted by Crippen LogP contribution is 2.20. The molecule has 0 unspecified atom stereocenters. The second kappa shape index (κ2) is 23.1. The minimum Gasteiger partial charge on any atom is -0.374 e. The first kappa shape index (κ1) is 28.3. The molecule has 160 valence electrons. The molecule has 0 saturated heterocycles. The van der Waals surface area contributed by atoms with E-state index in [0.717, 1.165) is 6.04 Å². The van der Waals surface area contributed by atoms with Crippen molar-refractivity contribution in [1.82, 2.24) is 0 Å². The van der Waals surface area contributed by atoms with Crippen LogP contribution in [0.3, 0.4) is 0 Å². The highest BCUT2D eigenvalue weighted by molar-refractivity contribution is 6.60. The van der Waals surface area contributed by atoms with Crippen LogP contribution in [0, 0.1) is 0 Å². The zero-order valence-electron chi connectivity index (χ0n) is 19.0. The average Bonchev–Trinajstić information content (AvgIpc) is 2.63. The van der Waals surface area contributed by atoms with Crippen molar-refractivity contribution in [2.75, 3.05) is 19.8 Å². The molecule has 3 nitrogen and oxygen atoms in total. The van der Waals surface area contributed by atoms with E-state index in [1.807, 2.05) is 20.8 Å². The van der Waals surface area contributed by atoms with Crippen molar-refractivity contribution < 1.29 is 13.3 Å². The third-order valence-corrected chi connectivity index (χ3v) is 7.54. The van der Waals surface area contributed by atoms with Crippen LogP contribution in [0.4, 0.5) is 0 Å². The summed E-state index contributed by atoms with van der Waals surface area (Å²) in [6.07, 6.45) is 16.2. The highest BCUT2D eigenvalue weighted by Gasteiger charge is 2.39. The maximum absolute atomic E-state index is 5.86. The van der Waals surface area contributed by atoms with Gasteiger partial charge in [-0.15, -0.1) is 0 Å². The van der Waals surface area contributed by atoms with E-state index >= 15 is 0 Å². The molecular formula is C22H50O3Si. The van der Waals surface area contributed by atoms with Gasteiger partial charge in [-0.3, -0.25) is 0 Å². The molecule has 0 atom stereocenters. The van der Waals surface area contributed by atoms with Gasteiger partial charge in [0.25, 0.3) is 0 Å². The fourth-order valence-electron chi connectivity index (χ4n) is 2.98. The third kappa shape index (κ3) is 18.9. The topological polar surface area (TPSA) is 27.7 Å². The van der Waals surface area contributed by atoms with Crippen LogP contribution in [0.2, 0.25) is 6.04 Å². The summed E-state index contributed by atoms with van der Waals surface area (Å²) in [5, 5.41) is 0. The van der Waals surface area contributed by atoms with Gasteiger partial charge in [-0.1, -0.05) is 91.4 Å². The molecule has 0 radical (unpaired) electrons. The molecule has 0 saturated carbocycles. The Hall–Kier alpha value is 0.0969. The fraction of sp³-hybridized carbons (Fsp3) is 1.00. The SMILES string of the molecule is CCCCCC.CCCCCCCCCC[Si](OCC)(OCC)OCC. The molecule has 0 aliphatic rings. The zero-order valence-corrected chi connectivity index (χ0v) is 20.0. The third-order valence-electron chi connectivity index (χ3n) is 4.39. The number of unbranched alkanes of at least 4 members (excludes halogenated alkanes) is 10. The molecular weight excluding hydrogens is 340 g/mol. The van der Waals surface area contributed by atoms with Crippen molar-refractivity contribution in [3.05, 3.63) is 0 Å². The molecule has 0 amide bonds. The predicted octanol–water partition coefficient (Wildman–Crippen LogP) is 7.76. The second-order valence-electron chi connectivity index (χ2n) is 6.91. The van der Waals surface area contributed by atoms with Crippen LogP contribution in [0.1, 0.15) is 119 Å². The summed E-state index contributed by atoms with van der Waals surface area (Å²) >= 11 is 0. The molecule has 0 aromatic rings. The minimum atomic E-state index is -2.38. The lowest BCUT2D eigenvalue weighted by molar-refractivity contribution is 0.0706. The summed E-state index contributed by atoms with van der Waals surface area (Å²) in [5.74, 6) is 0. The average molecular weight is 391 g/mol. The van der Waals surface area contributed by atoms with Gasteiger partial charge in [0.05, 0.1) is 0 Å². The first-order valence-electron chi connectivity index (χ1n) is 11.6. The number of hydrogen-bond donors (Lipinski definition) is 0. The summed E-state index contributed by atoms with van der Waals surface area (Å²) in [6.45, 7) is 14.8. The summed E-state index contributed by atoms with van der Waals surface area (Å²) in [5.41, 5.74) is 0. The standard InChI is InChI=1S/C16H36O3Si.C6H14/c1-5-9-10-11-12-13-14-15-16-20(17-6-2,18-7-3)19-8-4;1-3-5-6-4-2/h5-16H2,1-4H3;3-6H2,1-2H3. The van der Waals surface area contributed by atoms with Crippen molar-refractivity contribution in [3.8, 4) is 0 Å². The molecule has 0 rings (SSSR count). The van der Waals surface area contributed by atoms with Crippen LogP contribution in [0.5, 0.6) is 0 Å². The van der Waals surface area contributed by atoms with Crippen molar-refractivity contribution in [2.24, 2.45) is 0 Å². The van der Waals surface area contributed by atoms with Gasteiger partial charge in [0, 0.05) is 25.9 Å². The van der Waals surface area contributed by atoms with Gasteiger partial charge in [-0.25, -0.2) is 0 Å². The van der Waals surface area contributed by atoms with Gasteiger partial charge < -0.3 is 13.3 Å². The van der Waals surface area contributed by atoms with E-state index in [0.29, 0.717) is 19.8 Å². The predicted molar refractivity (Wildman–Crippen MR) is 118 cm³/mol. The van der Waals surface area contributed by atoms with Gasteiger partial charge in [-0.2, -0.15) is 0 Å². The highest BCUT2D eigenvalue weighted by atomic mass is 28.4. The zero-order chi connectivity index (χ0) is 19.9. The molecule has 0 aliphatic heterocycles. The Kier molecular flexibility index (Phi) is 25.2. The van der Waals surface area contributed by atoms with Gasteiger partial charge >= 0.3 is 8.80 Å². The van der Waals surface area contributed by atoms with Crippen LogP contribution >= 0.6 is 0 Å². The van der Waals surface area contributed by atoms with Gasteiger partial charge in [0.15, 0.2) is 0 Å². The van der Waals surface area contributed by atoms with Gasteiger partial charge in [0.1, 0.15) is 0 Å². The number of hydrogen-bond acceptors (Lipinski definition) is 3. The molecule has 0 bridgehead atoms. The summed E-state index contributed by atoms with van der Waals surface area (Å²) in [6, 6.07) is 0.970. The van der Waals surface area contributed by atoms with Crippen LogP contribution in [-0.4, -0.2) is 28.6 Å². The Morgan fingerprint density at radius 2 is 0.731 bits per heavy atom. The normalized spacial score (nSPS) is 11.3. The Morgan fingerprint density at radius 1 is 0.423 bits per heavy atom. The number of rotatable bonds is 18. The molecule has 0 aromatic carbocycles. The van der Waals surface area contributed by atoms with E-state index in [1.54, 1.807) is 0 Å². The molecule has 0 aromatic heterocycles. The van der Waals surface area contributed by atoms with Crippen LogP contribution in [-0.2, 0) is 13.3 Å².